The van der Waals surface area contributed by atoms with Crippen molar-refractivity contribution in [3.8, 4) is 33.4 Å². The molecule has 0 aliphatic heterocycles. The molecule has 0 radical (unpaired) electrons. The highest BCUT2D eigenvalue weighted by Crippen LogP contribution is 2.47. The van der Waals surface area contributed by atoms with Crippen LogP contribution >= 0.6 is 15.8 Å². The minimum atomic E-state index is -0.960. The lowest BCUT2D eigenvalue weighted by atomic mass is 9.90. The van der Waals surface area contributed by atoms with Crippen molar-refractivity contribution in [2.45, 2.75) is 13.8 Å². The van der Waals surface area contributed by atoms with Crippen LogP contribution in [0.15, 0.2) is 206 Å². The van der Waals surface area contributed by atoms with Crippen LogP contribution in [0.3, 0.4) is 0 Å². The highest BCUT2D eigenvalue weighted by molar-refractivity contribution is 7.81. The monoisotopic (exact) mass is 702 g/mol. The predicted molar refractivity (Wildman–Crippen MR) is 230 cm³/mol. The third kappa shape index (κ3) is 6.69. The lowest BCUT2D eigenvalue weighted by molar-refractivity contribution is 1.43. The van der Waals surface area contributed by atoms with Crippen molar-refractivity contribution < 1.29 is 0 Å². The molecule has 0 nitrogen and oxygen atoms in total. The predicted octanol–water partition coefficient (Wildman–Crippen LogP) is 10.8. The quantitative estimate of drug-likeness (QED) is 0.131. The van der Waals surface area contributed by atoms with Gasteiger partial charge in [0.2, 0.25) is 0 Å². The third-order valence-corrected chi connectivity index (χ3v) is 14.8. The average molecular weight is 703 g/mol. The Hall–Kier alpha value is -5.38. The van der Waals surface area contributed by atoms with E-state index >= 15 is 0 Å². The molecule has 0 bridgehead atoms. The number of benzene rings is 8. The molecular weight excluding hydrogens is 662 g/mol. The van der Waals surface area contributed by atoms with Crippen molar-refractivity contribution in [2.24, 2.45) is 0 Å². The maximum absolute atomic E-state index is 2.37. The van der Waals surface area contributed by atoms with E-state index in [1.165, 1.54) is 76.3 Å². The first-order chi connectivity index (χ1) is 25.7. The highest BCUT2D eigenvalue weighted by atomic mass is 31.1. The maximum atomic E-state index is 2.37. The zero-order chi connectivity index (χ0) is 35.3. The summed E-state index contributed by atoms with van der Waals surface area (Å²) in [5.74, 6) is 0. The molecule has 0 heterocycles. The average Bonchev–Trinajstić information content (AvgIpc) is 3.21. The Morgan fingerprint density at radius 3 is 0.788 bits per heavy atom. The van der Waals surface area contributed by atoms with Crippen molar-refractivity contribution in [1.29, 1.82) is 0 Å². The van der Waals surface area contributed by atoms with E-state index in [2.05, 4.69) is 220 Å². The minimum Gasteiger partial charge on any atom is -0.0622 e. The van der Waals surface area contributed by atoms with Gasteiger partial charge in [-0.15, -0.1) is 0 Å². The van der Waals surface area contributed by atoms with E-state index < -0.39 is 15.8 Å². The molecule has 0 atom stereocenters. The normalized spacial score (nSPS) is 11.2. The fraction of sp³-hybridized carbons (Fsp3) is 0.0400. The van der Waals surface area contributed by atoms with Crippen LogP contribution in [-0.4, -0.2) is 0 Å². The van der Waals surface area contributed by atoms with Crippen molar-refractivity contribution in [3.05, 3.63) is 217 Å². The second-order valence-corrected chi connectivity index (χ2v) is 17.4. The van der Waals surface area contributed by atoms with Crippen LogP contribution in [0.1, 0.15) is 11.1 Å². The topological polar surface area (TPSA) is 0 Å². The smallest absolute Gasteiger partial charge is 0.000895 e. The summed E-state index contributed by atoms with van der Waals surface area (Å²) >= 11 is 0. The molecule has 8 rings (SSSR count). The molecule has 0 aromatic heterocycles. The SMILES string of the molecule is Cc1ccc(-c2ccccc2)c(P(c2ccccc2)c2ccccc2)c1-c1c(C)ccc(-c2ccccc2)c1P(c1ccccc1)c1ccccc1. The van der Waals surface area contributed by atoms with Crippen molar-refractivity contribution in [1.82, 2.24) is 0 Å². The van der Waals surface area contributed by atoms with E-state index in [1.807, 2.05) is 0 Å². The molecule has 0 N–H and O–H groups in total. The van der Waals surface area contributed by atoms with Crippen LogP contribution in [0.5, 0.6) is 0 Å². The van der Waals surface area contributed by atoms with Gasteiger partial charge in [-0.25, -0.2) is 0 Å². The van der Waals surface area contributed by atoms with Crippen LogP contribution in [0, 0.1) is 13.8 Å². The summed E-state index contributed by atoms with van der Waals surface area (Å²) in [6.45, 7) is 4.64. The summed E-state index contributed by atoms with van der Waals surface area (Å²) < 4.78 is 0. The first-order valence-corrected chi connectivity index (χ1v) is 20.6. The summed E-state index contributed by atoms with van der Waals surface area (Å²) in [5.41, 5.74) is 10.3. The summed E-state index contributed by atoms with van der Waals surface area (Å²) in [5, 5.41) is 8.20. The molecule has 0 aliphatic carbocycles. The van der Waals surface area contributed by atoms with Gasteiger partial charge in [-0.05, 0) is 95.4 Å². The second-order valence-electron chi connectivity index (χ2n) is 13.1. The van der Waals surface area contributed by atoms with Gasteiger partial charge in [-0.1, -0.05) is 206 Å². The number of hydrogen-bond donors (Lipinski definition) is 0. The van der Waals surface area contributed by atoms with Crippen molar-refractivity contribution in [2.75, 3.05) is 0 Å². The van der Waals surface area contributed by atoms with E-state index in [1.54, 1.807) is 0 Å². The molecule has 8 aromatic rings. The van der Waals surface area contributed by atoms with Gasteiger partial charge in [0.1, 0.15) is 0 Å². The summed E-state index contributed by atoms with van der Waals surface area (Å²) in [7, 11) is -1.92. The third-order valence-electron chi connectivity index (χ3n) is 9.70. The van der Waals surface area contributed by atoms with Gasteiger partial charge < -0.3 is 0 Å². The molecule has 2 heteroatoms. The van der Waals surface area contributed by atoms with Gasteiger partial charge in [-0.3, -0.25) is 0 Å². The van der Waals surface area contributed by atoms with Crippen LogP contribution in [-0.2, 0) is 0 Å². The van der Waals surface area contributed by atoms with Crippen molar-refractivity contribution >= 4 is 47.7 Å². The summed E-state index contributed by atoms with van der Waals surface area (Å²) in [6.07, 6.45) is 0. The largest absolute Gasteiger partial charge is 0.0622 e. The Morgan fingerprint density at radius 1 is 0.269 bits per heavy atom. The van der Waals surface area contributed by atoms with Gasteiger partial charge in [-0.2, -0.15) is 0 Å². The van der Waals surface area contributed by atoms with E-state index in [0.29, 0.717) is 0 Å². The summed E-state index contributed by atoms with van der Waals surface area (Å²) in [4.78, 5) is 0. The highest BCUT2D eigenvalue weighted by Gasteiger charge is 2.31. The fourth-order valence-corrected chi connectivity index (χ4v) is 12.7. The Labute approximate surface area is 311 Å². The fourth-order valence-electron chi connectivity index (χ4n) is 7.30. The maximum Gasteiger partial charge on any atom is 0.000895 e. The Morgan fingerprint density at radius 2 is 0.519 bits per heavy atom. The Kier molecular flexibility index (Phi) is 10.0. The first-order valence-electron chi connectivity index (χ1n) is 17.9. The number of hydrogen-bond acceptors (Lipinski definition) is 0. The van der Waals surface area contributed by atoms with Crippen molar-refractivity contribution in [3.63, 3.8) is 0 Å². The Balaban J connectivity index is 1.56. The van der Waals surface area contributed by atoms with E-state index in [-0.39, 0.29) is 0 Å². The summed E-state index contributed by atoms with van der Waals surface area (Å²) in [6, 6.07) is 76.2. The number of aryl methyl sites for hydroxylation is 2. The lowest BCUT2D eigenvalue weighted by Crippen LogP contribution is -2.28. The van der Waals surface area contributed by atoms with E-state index in [9.17, 15) is 0 Å². The van der Waals surface area contributed by atoms with E-state index in [0.717, 1.165) is 0 Å². The van der Waals surface area contributed by atoms with Crippen LogP contribution in [0.25, 0.3) is 33.4 Å². The zero-order valence-corrected chi connectivity index (χ0v) is 31.3. The van der Waals surface area contributed by atoms with Crippen LogP contribution in [0.4, 0.5) is 0 Å². The lowest BCUT2D eigenvalue weighted by Gasteiger charge is -2.31. The molecule has 0 aliphatic rings. The Bertz CT molecular complexity index is 2140. The number of rotatable bonds is 9. The molecule has 0 amide bonds. The van der Waals surface area contributed by atoms with Gasteiger partial charge in [0.15, 0.2) is 0 Å². The van der Waals surface area contributed by atoms with Gasteiger partial charge in [0.05, 0.1) is 0 Å². The molecule has 52 heavy (non-hydrogen) atoms. The molecule has 0 fully saturated rings. The molecule has 0 spiro atoms. The molecular formula is C50H40P2. The molecule has 0 unspecified atom stereocenters. The minimum absolute atomic E-state index is 0.960. The van der Waals surface area contributed by atoms with E-state index in [4.69, 9.17) is 0 Å². The molecule has 250 valence electrons. The molecule has 8 aromatic carbocycles. The van der Waals surface area contributed by atoms with Crippen LogP contribution < -0.4 is 31.8 Å². The van der Waals surface area contributed by atoms with Crippen LogP contribution in [0.2, 0.25) is 0 Å². The second kappa shape index (κ2) is 15.5. The zero-order valence-electron chi connectivity index (χ0n) is 29.5. The molecule has 0 saturated carbocycles. The standard InChI is InChI=1S/C50H40P2/c1-37-33-35-45(39-21-9-3-10-22-39)49(51(41-25-13-5-14-26-41)42-27-15-6-16-28-42)47(37)48-38(2)34-36-46(40-23-11-4-12-24-40)50(48)52(43-29-17-7-18-30-43)44-31-19-8-20-32-44/h3-36H,1-2H3. The molecule has 0 saturated heterocycles. The first kappa shape index (κ1) is 33.7. The van der Waals surface area contributed by atoms with Gasteiger partial charge in [0.25, 0.3) is 0 Å². The van der Waals surface area contributed by atoms with Gasteiger partial charge >= 0.3 is 0 Å². The van der Waals surface area contributed by atoms with Gasteiger partial charge in [0, 0.05) is 10.6 Å².